The Morgan fingerprint density at radius 1 is 0.643 bits per heavy atom. The molecular weight excluding hydrogens is 899 g/mol. The van der Waals surface area contributed by atoms with Crippen molar-refractivity contribution >= 4 is 29.5 Å². The molecule has 4 heteroatoms. The summed E-state index contributed by atoms with van der Waals surface area (Å²) in [7, 11) is -0.0465. The average Bonchev–Trinajstić information content (AvgIpc) is 3.81. The minimum atomic E-state index is -0.0465. The van der Waals surface area contributed by atoms with Gasteiger partial charge in [-0.3, -0.25) is 5.92 Å². The van der Waals surface area contributed by atoms with Gasteiger partial charge in [-0.25, -0.2) is 4.98 Å². The van der Waals surface area contributed by atoms with E-state index in [0.717, 1.165) is 34.5 Å². The minimum absolute atomic E-state index is 0. The van der Waals surface area contributed by atoms with Crippen LogP contribution >= 0.6 is 19.3 Å². The van der Waals surface area contributed by atoms with Crippen molar-refractivity contribution in [3.05, 3.63) is 83.3 Å². The summed E-state index contributed by atoms with van der Waals surface area (Å²) in [5.74, 6) is 10.1. The number of hydrogen-bond donors (Lipinski definition) is 0. The molecule has 4 saturated carbocycles. The van der Waals surface area contributed by atoms with Crippen LogP contribution in [0.1, 0.15) is 177 Å². The topological polar surface area (TPSA) is 12.9 Å². The summed E-state index contributed by atoms with van der Waals surface area (Å²) in [5, 5.41) is 1.07. The largest absolute Gasteiger partial charge is 1.00 e. The van der Waals surface area contributed by atoms with Gasteiger partial charge in [-0.1, -0.05) is 82.4 Å². The first-order valence-electron chi connectivity index (χ1n) is 22.6. The SMILES string of the molecule is C1CCC([PH+](C2CCCCC2)C2CCCCC2)CC1.[Au+].[C-]#Cc1ccc2c(c1)C(CC)(CC)c1cc(-c3nc4ccc(C#CC5CCCCC5)cc4s3)ccc1-2. The molecule has 0 aliphatic heterocycles. The molecule has 0 bridgehead atoms. The monoisotopic (exact) mass is 962 g/mol. The molecule has 5 aliphatic carbocycles. The van der Waals surface area contributed by atoms with E-state index in [9.17, 15) is 0 Å². The summed E-state index contributed by atoms with van der Waals surface area (Å²) in [4.78, 5) is 5.01. The molecule has 0 N–H and O–H groups in total. The molecule has 298 valence electrons. The predicted molar refractivity (Wildman–Crippen MR) is 240 cm³/mol. The Morgan fingerprint density at radius 3 is 1.71 bits per heavy atom. The first kappa shape index (κ1) is 42.0. The van der Waals surface area contributed by atoms with Crippen LogP contribution in [0.5, 0.6) is 0 Å². The second-order valence-corrected chi connectivity index (χ2v) is 22.2. The molecule has 0 amide bonds. The molecule has 0 unspecified atom stereocenters. The van der Waals surface area contributed by atoms with Crippen LogP contribution in [0.4, 0.5) is 0 Å². The van der Waals surface area contributed by atoms with Crippen LogP contribution in [0.15, 0.2) is 54.6 Å². The molecule has 1 heterocycles. The van der Waals surface area contributed by atoms with Gasteiger partial charge in [0.15, 0.2) is 0 Å². The van der Waals surface area contributed by atoms with E-state index >= 15 is 0 Å². The Balaban J connectivity index is 0.000000203. The van der Waals surface area contributed by atoms with Crippen molar-refractivity contribution in [2.45, 2.75) is 177 Å². The number of fused-ring (bicyclic) bond motifs is 4. The van der Waals surface area contributed by atoms with Crippen LogP contribution in [0.25, 0.3) is 31.9 Å². The summed E-state index contributed by atoms with van der Waals surface area (Å²) in [6.45, 7) is 4.56. The van der Waals surface area contributed by atoms with Crippen LogP contribution in [-0.4, -0.2) is 22.0 Å². The van der Waals surface area contributed by atoms with E-state index in [-0.39, 0.29) is 35.7 Å². The first-order chi connectivity index (χ1) is 27.1. The molecule has 0 radical (unpaired) electrons. The summed E-state index contributed by atoms with van der Waals surface area (Å²) in [6, 6.07) is 19.7. The van der Waals surface area contributed by atoms with E-state index in [1.54, 1.807) is 108 Å². The van der Waals surface area contributed by atoms with Crippen LogP contribution in [0.2, 0.25) is 0 Å². The van der Waals surface area contributed by atoms with Crippen molar-refractivity contribution in [2.24, 2.45) is 5.92 Å². The third-order valence-electron chi connectivity index (χ3n) is 14.6. The van der Waals surface area contributed by atoms with Gasteiger partial charge in [0.05, 0.1) is 27.2 Å². The Morgan fingerprint density at radius 2 is 1.16 bits per heavy atom. The van der Waals surface area contributed by atoms with Gasteiger partial charge >= 0.3 is 22.4 Å². The number of aromatic nitrogens is 1. The molecule has 5 aliphatic rings. The summed E-state index contributed by atoms with van der Waals surface area (Å²) in [5.41, 5.74) is 13.2. The Labute approximate surface area is 360 Å². The molecule has 0 atom stereocenters. The standard InChI is InChI=1S/C34H30NS.C18H33P.Au/c1-4-23-14-17-27-28-18-16-26(22-30(28)34(5-2,6-3)29(27)20-23)33-35-31-19-15-25(21-32(31)36-33)13-12-24-10-8-7-9-11-24;1-4-10-16(11-5-1)19(17-12-6-2-7-13-17)18-14-8-3-9-15-18;/h14-22,24H,5-11H2,2-3H3;16-18H,1-15H2;/q-1;;+1/p+1. The first-order valence-corrected chi connectivity index (χ1v) is 25.2. The third kappa shape index (κ3) is 9.03. The van der Waals surface area contributed by atoms with E-state index in [0.29, 0.717) is 5.92 Å². The zero-order valence-electron chi connectivity index (χ0n) is 34.2. The maximum atomic E-state index is 7.64. The van der Waals surface area contributed by atoms with Crippen molar-refractivity contribution in [1.82, 2.24) is 4.98 Å². The Hall–Kier alpha value is -2.16. The van der Waals surface area contributed by atoms with Crippen molar-refractivity contribution in [1.29, 1.82) is 0 Å². The molecule has 56 heavy (non-hydrogen) atoms. The zero-order chi connectivity index (χ0) is 37.6. The fourth-order valence-electron chi connectivity index (χ4n) is 11.6. The van der Waals surface area contributed by atoms with Gasteiger partial charge in [-0.15, -0.1) is 29.0 Å². The zero-order valence-corrected chi connectivity index (χ0v) is 38.2. The van der Waals surface area contributed by atoms with E-state index in [1.807, 2.05) is 6.07 Å². The van der Waals surface area contributed by atoms with Crippen LogP contribution in [0.3, 0.4) is 0 Å². The number of nitrogens with zero attached hydrogens (tertiary/aromatic N) is 1. The van der Waals surface area contributed by atoms with E-state index in [1.165, 1.54) is 81.6 Å². The predicted octanol–water partition coefficient (Wildman–Crippen LogP) is 15.1. The van der Waals surface area contributed by atoms with Gasteiger partial charge in [-0.05, 0) is 149 Å². The number of benzene rings is 3. The average molecular weight is 963 g/mol. The molecule has 1 aromatic heterocycles. The number of thiazole rings is 1. The quantitative estimate of drug-likeness (QED) is 0.0812. The molecular formula is C52H64AuNPS+. The van der Waals surface area contributed by atoms with Gasteiger partial charge in [-0.2, -0.15) is 0 Å². The Bertz CT molecular complexity index is 1970. The van der Waals surface area contributed by atoms with Crippen LogP contribution in [-0.2, 0) is 27.8 Å². The smallest absolute Gasteiger partial charge is 0.366 e. The molecule has 4 aromatic rings. The van der Waals surface area contributed by atoms with Gasteiger partial charge in [0.1, 0.15) is 5.01 Å². The number of rotatable bonds is 6. The van der Waals surface area contributed by atoms with Crippen LogP contribution < -0.4 is 0 Å². The van der Waals surface area contributed by atoms with E-state index < -0.39 is 0 Å². The minimum Gasteiger partial charge on any atom is -0.366 e. The molecule has 0 saturated heterocycles. The molecule has 3 aromatic carbocycles. The van der Waals surface area contributed by atoms with Crippen molar-refractivity contribution < 1.29 is 22.4 Å². The Kier molecular flexibility index (Phi) is 14.8. The third-order valence-corrected chi connectivity index (χ3v) is 20.2. The fourth-order valence-corrected chi connectivity index (χ4v) is 17.8. The van der Waals surface area contributed by atoms with E-state index in [2.05, 4.69) is 80.1 Å². The summed E-state index contributed by atoms with van der Waals surface area (Å²) >= 11 is 1.76. The molecule has 9 rings (SSSR count). The number of hydrogen-bond acceptors (Lipinski definition) is 2. The molecule has 1 nitrogen and oxygen atoms in total. The normalized spacial score (nSPS) is 20.2. The summed E-state index contributed by atoms with van der Waals surface area (Å²) < 4.78 is 1.20. The maximum Gasteiger partial charge on any atom is 1.00 e. The fraction of sp³-hybridized carbons (Fsp3) is 0.558. The van der Waals surface area contributed by atoms with E-state index in [4.69, 9.17) is 11.4 Å². The van der Waals surface area contributed by atoms with Gasteiger partial charge in [0, 0.05) is 30.4 Å². The molecule has 0 spiro atoms. The second-order valence-electron chi connectivity index (χ2n) is 17.7. The van der Waals surface area contributed by atoms with Crippen molar-refractivity contribution in [3.63, 3.8) is 0 Å². The molecule has 4 fully saturated rings. The van der Waals surface area contributed by atoms with Gasteiger partial charge < -0.3 is 6.42 Å². The van der Waals surface area contributed by atoms with Gasteiger partial charge in [0.25, 0.3) is 0 Å². The van der Waals surface area contributed by atoms with Crippen LogP contribution in [0, 0.1) is 30.1 Å². The second kappa shape index (κ2) is 19.7. The van der Waals surface area contributed by atoms with Gasteiger partial charge in [0.2, 0.25) is 0 Å². The van der Waals surface area contributed by atoms with Crippen molar-refractivity contribution in [2.75, 3.05) is 0 Å². The maximum absolute atomic E-state index is 7.64. The van der Waals surface area contributed by atoms with Crippen molar-refractivity contribution in [3.8, 4) is 39.5 Å². The summed E-state index contributed by atoms with van der Waals surface area (Å²) in [6.07, 6.45) is 40.0.